The number of carbonyl (C=O) groups is 1. The van der Waals surface area contributed by atoms with Crippen molar-refractivity contribution in [3.05, 3.63) is 50.9 Å². The topological polar surface area (TPSA) is 90.7 Å². The Morgan fingerprint density at radius 2 is 2.14 bits per heavy atom. The van der Waals surface area contributed by atoms with Gasteiger partial charge in [-0.15, -0.1) is 0 Å². The molecule has 7 nitrogen and oxygen atoms in total. The largest absolute Gasteiger partial charge is 0.454 e. The minimum Gasteiger partial charge on any atom is -0.454 e. The van der Waals surface area contributed by atoms with Crippen LogP contribution in [0.3, 0.4) is 0 Å². The number of hydrogen-bond acceptors (Lipinski definition) is 6. The molecule has 1 N–H and O–H groups in total. The van der Waals surface area contributed by atoms with Gasteiger partial charge in [0.1, 0.15) is 0 Å². The Morgan fingerprint density at radius 1 is 1.36 bits per heavy atom. The Hall–Kier alpha value is -2.61. The van der Waals surface area contributed by atoms with Crippen LogP contribution in [0.4, 0.5) is 5.00 Å². The van der Waals surface area contributed by atoms with E-state index in [1.165, 1.54) is 11.4 Å². The Balaban J connectivity index is 1.71. The van der Waals surface area contributed by atoms with Crippen molar-refractivity contribution in [2.75, 3.05) is 6.79 Å². The van der Waals surface area contributed by atoms with E-state index in [4.69, 9.17) is 9.47 Å². The summed E-state index contributed by atoms with van der Waals surface area (Å²) < 4.78 is 10.5. The highest BCUT2D eigenvalue weighted by atomic mass is 32.1. The summed E-state index contributed by atoms with van der Waals surface area (Å²) in [5.74, 6) is 0.968. The number of amides is 1. The normalized spacial score (nSPS) is 13.7. The number of rotatable bonds is 4. The van der Waals surface area contributed by atoms with Crippen molar-refractivity contribution in [2.24, 2.45) is 0 Å². The lowest BCUT2D eigenvalue weighted by Gasteiger charge is -2.14. The van der Waals surface area contributed by atoms with Gasteiger partial charge in [-0.05, 0) is 24.6 Å². The van der Waals surface area contributed by atoms with Crippen LogP contribution in [0.1, 0.15) is 28.9 Å². The maximum absolute atomic E-state index is 12.1. The van der Waals surface area contributed by atoms with Crippen LogP contribution in [0.5, 0.6) is 11.5 Å². The van der Waals surface area contributed by atoms with Crippen LogP contribution in [0.15, 0.2) is 29.6 Å². The third-order valence-electron chi connectivity index (χ3n) is 3.27. The summed E-state index contributed by atoms with van der Waals surface area (Å²) in [5.41, 5.74) is 1.15. The lowest BCUT2D eigenvalue weighted by Crippen LogP contribution is -2.26. The molecule has 1 aliphatic heterocycles. The van der Waals surface area contributed by atoms with E-state index in [-0.39, 0.29) is 29.3 Å². The Labute approximate surface area is 129 Å². The maximum atomic E-state index is 12.1. The molecule has 8 heteroatoms. The SMILES string of the molecule is C[C@@H](NC(=O)c1csc([N+](=O)[O-])c1)c1ccc2c(c1)OCO2. The summed E-state index contributed by atoms with van der Waals surface area (Å²) in [5, 5.41) is 14.9. The minimum atomic E-state index is -0.511. The summed E-state index contributed by atoms with van der Waals surface area (Å²) in [6.45, 7) is 2.02. The number of nitro groups is 1. The molecular formula is C14H12N2O5S. The van der Waals surface area contributed by atoms with Crippen molar-refractivity contribution < 1.29 is 19.2 Å². The molecule has 0 saturated heterocycles. The number of nitrogens with zero attached hydrogens (tertiary/aromatic N) is 1. The van der Waals surface area contributed by atoms with Gasteiger partial charge >= 0.3 is 5.00 Å². The van der Waals surface area contributed by atoms with Gasteiger partial charge < -0.3 is 14.8 Å². The summed E-state index contributed by atoms with van der Waals surface area (Å²) in [6.07, 6.45) is 0. The van der Waals surface area contributed by atoms with Gasteiger partial charge in [0, 0.05) is 11.4 Å². The van der Waals surface area contributed by atoms with Crippen molar-refractivity contribution in [3.63, 3.8) is 0 Å². The highest BCUT2D eigenvalue weighted by Crippen LogP contribution is 2.34. The Bertz CT molecular complexity index is 743. The molecule has 1 aliphatic rings. The first-order valence-corrected chi connectivity index (χ1v) is 7.36. The van der Waals surface area contributed by atoms with E-state index in [0.29, 0.717) is 11.5 Å². The van der Waals surface area contributed by atoms with Crippen LogP contribution in [0, 0.1) is 10.1 Å². The molecule has 1 atom stereocenters. The predicted molar refractivity (Wildman–Crippen MR) is 79.4 cm³/mol. The molecule has 0 radical (unpaired) electrons. The molecule has 1 aromatic heterocycles. The van der Waals surface area contributed by atoms with Crippen LogP contribution in [0.25, 0.3) is 0 Å². The van der Waals surface area contributed by atoms with Crippen LogP contribution in [-0.4, -0.2) is 17.6 Å². The molecule has 114 valence electrons. The van der Waals surface area contributed by atoms with Gasteiger partial charge in [-0.2, -0.15) is 0 Å². The molecule has 3 rings (SSSR count). The number of ether oxygens (including phenoxy) is 2. The van der Waals surface area contributed by atoms with Crippen LogP contribution in [-0.2, 0) is 0 Å². The fourth-order valence-corrected chi connectivity index (χ4v) is 2.79. The van der Waals surface area contributed by atoms with E-state index in [2.05, 4.69) is 5.32 Å². The fraction of sp³-hybridized carbons (Fsp3) is 0.214. The highest BCUT2D eigenvalue weighted by Gasteiger charge is 2.19. The monoisotopic (exact) mass is 320 g/mol. The molecule has 2 aromatic rings. The van der Waals surface area contributed by atoms with Gasteiger partial charge in [0.25, 0.3) is 5.91 Å². The Morgan fingerprint density at radius 3 is 2.86 bits per heavy atom. The second-order valence-corrected chi connectivity index (χ2v) is 5.63. The number of hydrogen-bond donors (Lipinski definition) is 1. The first-order chi connectivity index (χ1) is 10.5. The third-order valence-corrected chi connectivity index (χ3v) is 4.15. The van der Waals surface area contributed by atoms with Crippen molar-refractivity contribution in [2.45, 2.75) is 13.0 Å². The molecule has 0 spiro atoms. The zero-order valence-corrected chi connectivity index (χ0v) is 12.4. The van der Waals surface area contributed by atoms with Crippen LogP contribution in [0.2, 0.25) is 0 Å². The second-order valence-electron chi connectivity index (χ2n) is 4.74. The fourth-order valence-electron chi connectivity index (χ4n) is 2.09. The van der Waals surface area contributed by atoms with E-state index in [1.54, 1.807) is 6.07 Å². The molecule has 2 heterocycles. The van der Waals surface area contributed by atoms with Crippen LogP contribution >= 0.6 is 11.3 Å². The zero-order chi connectivity index (χ0) is 15.7. The van der Waals surface area contributed by atoms with Crippen molar-refractivity contribution in [1.29, 1.82) is 0 Å². The quantitative estimate of drug-likeness (QED) is 0.691. The lowest BCUT2D eigenvalue weighted by molar-refractivity contribution is -0.380. The first kappa shape index (κ1) is 14.3. The molecule has 1 amide bonds. The van der Waals surface area contributed by atoms with Gasteiger partial charge in [0.05, 0.1) is 16.5 Å². The van der Waals surface area contributed by atoms with Gasteiger partial charge in [-0.25, -0.2) is 0 Å². The van der Waals surface area contributed by atoms with Crippen LogP contribution < -0.4 is 14.8 Å². The van der Waals surface area contributed by atoms with E-state index in [0.717, 1.165) is 16.9 Å². The van der Waals surface area contributed by atoms with Gasteiger partial charge in [0.15, 0.2) is 11.5 Å². The summed E-state index contributed by atoms with van der Waals surface area (Å²) >= 11 is 0.929. The Kier molecular flexibility index (Phi) is 3.68. The van der Waals surface area contributed by atoms with Gasteiger partial charge in [-0.3, -0.25) is 14.9 Å². The molecular weight excluding hydrogens is 308 g/mol. The first-order valence-electron chi connectivity index (χ1n) is 6.48. The standard InChI is InChI=1S/C14H12N2O5S/c1-8(9-2-3-11-12(4-9)21-7-20-11)15-14(17)10-5-13(16(18)19)22-6-10/h2-6,8H,7H2,1H3,(H,15,17)/t8-/m1/s1. The predicted octanol–water partition coefficient (Wildman–Crippen LogP) is 2.88. The number of carbonyl (C=O) groups excluding carboxylic acids is 1. The average Bonchev–Trinajstić information content (AvgIpc) is 3.15. The number of thiophene rings is 1. The molecule has 1 aromatic carbocycles. The highest BCUT2D eigenvalue weighted by molar-refractivity contribution is 7.13. The number of nitrogens with one attached hydrogen (secondary N) is 1. The van der Waals surface area contributed by atoms with E-state index in [1.807, 2.05) is 19.1 Å². The lowest BCUT2D eigenvalue weighted by atomic mass is 10.1. The average molecular weight is 320 g/mol. The molecule has 0 bridgehead atoms. The van der Waals surface area contributed by atoms with E-state index in [9.17, 15) is 14.9 Å². The van der Waals surface area contributed by atoms with Crippen molar-refractivity contribution >= 4 is 22.2 Å². The van der Waals surface area contributed by atoms with Crippen molar-refractivity contribution in [3.8, 4) is 11.5 Å². The summed E-state index contributed by atoms with van der Waals surface area (Å²) in [6, 6.07) is 6.45. The van der Waals surface area contributed by atoms with Gasteiger partial charge in [0.2, 0.25) is 6.79 Å². The minimum absolute atomic E-state index is 0.0547. The number of benzene rings is 1. The molecule has 0 saturated carbocycles. The summed E-state index contributed by atoms with van der Waals surface area (Å²) in [7, 11) is 0. The third kappa shape index (κ3) is 2.73. The molecule has 0 fully saturated rings. The second kappa shape index (κ2) is 5.64. The molecule has 22 heavy (non-hydrogen) atoms. The maximum Gasteiger partial charge on any atom is 0.324 e. The number of fused-ring (bicyclic) bond motifs is 1. The van der Waals surface area contributed by atoms with E-state index < -0.39 is 4.92 Å². The smallest absolute Gasteiger partial charge is 0.324 e. The molecule has 0 aliphatic carbocycles. The molecule has 0 unspecified atom stereocenters. The van der Waals surface area contributed by atoms with E-state index >= 15 is 0 Å². The summed E-state index contributed by atoms with van der Waals surface area (Å²) in [4.78, 5) is 22.3. The van der Waals surface area contributed by atoms with Gasteiger partial charge in [-0.1, -0.05) is 17.4 Å². The van der Waals surface area contributed by atoms with Crippen molar-refractivity contribution in [1.82, 2.24) is 5.32 Å². The zero-order valence-electron chi connectivity index (χ0n) is 11.6.